The van der Waals surface area contributed by atoms with E-state index in [4.69, 9.17) is 11.6 Å². The fourth-order valence-corrected chi connectivity index (χ4v) is 1.92. The Balaban J connectivity index is 1.86. The Labute approximate surface area is 128 Å². The van der Waals surface area contributed by atoms with Crippen LogP contribution in [-0.2, 0) is 6.42 Å². The van der Waals surface area contributed by atoms with Crippen LogP contribution in [-0.4, -0.2) is 12.2 Å². The van der Waals surface area contributed by atoms with E-state index >= 15 is 0 Å². The van der Waals surface area contributed by atoms with Gasteiger partial charge >= 0.3 is 6.03 Å². The molecule has 0 aromatic heterocycles. The number of rotatable bonds is 4. The van der Waals surface area contributed by atoms with E-state index in [1.165, 1.54) is 5.56 Å². The molecule has 0 saturated heterocycles. The topological polar surface area (TPSA) is 53.5 Å². The Bertz CT molecular complexity index is 638. The Morgan fingerprint density at radius 3 is 2.67 bits per heavy atom. The number of carbonyl (C=O) groups is 1. The molecule has 108 valence electrons. The van der Waals surface area contributed by atoms with Gasteiger partial charge in [-0.2, -0.15) is 5.10 Å². The average Bonchev–Trinajstić information content (AvgIpc) is 2.48. The fourth-order valence-electron chi connectivity index (χ4n) is 1.73. The second kappa shape index (κ2) is 7.45. The van der Waals surface area contributed by atoms with Gasteiger partial charge in [-0.1, -0.05) is 48.9 Å². The molecule has 0 atom stereocenters. The van der Waals surface area contributed by atoms with E-state index in [0.717, 1.165) is 12.0 Å². The molecule has 0 heterocycles. The Kier molecular flexibility index (Phi) is 5.35. The van der Waals surface area contributed by atoms with Gasteiger partial charge in [0.25, 0.3) is 0 Å². The third kappa shape index (κ3) is 4.93. The molecule has 2 aromatic carbocycles. The van der Waals surface area contributed by atoms with Crippen molar-refractivity contribution in [1.29, 1.82) is 0 Å². The summed E-state index contributed by atoms with van der Waals surface area (Å²) in [5.41, 5.74) is 5.21. The number of nitrogens with zero attached hydrogens (tertiary/aromatic N) is 1. The number of nitrogens with one attached hydrogen (secondary N) is 2. The highest BCUT2D eigenvalue weighted by atomic mass is 35.5. The second-order valence-electron chi connectivity index (χ2n) is 4.43. The largest absolute Gasteiger partial charge is 0.339 e. The minimum absolute atomic E-state index is 0.418. The maximum Gasteiger partial charge on any atom is 0.339 e. The molecular formula is C16H16ClN3O. The minimum Gasteiger partial charge on any atom is -0.306 e. The van der Waals surface area contributed by atoms with Crippen LogP contribution in [0.3, 0.4) is 0 Å². The molecule has 2 aromatic rings. The van der Waals surface area contributed by atoms with Crippen molar-refractivity contribution in [3.8, 4) is 0 Å². The highest BCUT2D eigenvalue weighted by Gasteiger charge is 2.00. The predicted octanol–water partition coefficient (Wildman–Crippen LogP) is 4.06. The normalized spacial score (nSPS) is 10.6. The fraction of sp³-hybridized carbons (Fsp3) is 0.125. The summed E-state index contributed by atoms with van der Waals surface area (Å²) < 4.78 is 0. The zero-order valence-electron chi connectivity index (χ0n) is 11.6. The van der Waals surface area contributed by atoms with Crippen molar-refractivity contribution < 1.29 is 4.79 Å². The highest BCUT2D eigenvalue weighted by Crippen LogP contribution is 2.14. The molecule has 0 saturated carbocycles. The van der Waals surface area contributed by atoms with Crippen molar-refractivity contribution in [2.24, 2.45) is 5.10 Å². The Hall–Kier alpha value is -2.33. The molecule has 2 rings (SSSR count). The molecular weight excluding hydrogens is 286 g/mol. The van der Waals surface area contributed by atoms with Gasteiger partial charge in [0, 0.05) is 10.7 Å². The molecule has 4 nitrogen and oxygen atoms in total. The smallest absolute Gasteiger partial charge is 0.306 e. The van der Waals surface area contributed by atoms with E-state index in [-0.39, 0.29) is 0 Å². The summed E-state index contributed by atoms with van der Waals surface area (Å²) in [7, 11) is 0. The van der Waals surface area contributed by atoms with Gasteiger partial charge in [0.05, 0.1) is 6.21 Å². The predicted molar refractivity (Wildman–Crippen MR) is 87.0 cm³/mol. The first-order valence-corrected chi connectivity index (χ1v) is 6.99. The van der Waals surface area contributed by atoms with Gasteiger partial charge in [0.1, 0.15) is 0 Å². The lowest BCUT2D eigenvalue weighted by Gasteiger charge is -2.04. The monoisotopic (exact) mass is 301 g/mol. The summed E-state index contributed by atoms with van der Waals surface area (Å²) in [6, 6.07) is 14.5. The van der Waals surface area contributed by atoms with Crippen LogP contribution >= 0.6 is 11.6 Å². The second-order valence-corrected chi connectivity index (χ2v) is 4.87. The van der Waals surface area contributed by atoms with Gasteiger partial charge in [-0.3, -0.25) is 0 Å². The van der Waals surface area contributed by atoms with Crippen molar-refractivity contribution in [3.05, 3.63) is 64.7 Å². The van der Waals surface area contributed by atoms with Crippen LogP contribution in [0.4, 0.5) is 10.5 Å². The summed E-state index contributed by atoms with van der Waals surface area (Å²) in [5.74, 6) is 0. The zero-order valence-corrected chi connectivity index (χ0v) is 12.4. The third-order valence-corrected chi connectivity index (χ3v) is 3.09. The summed E-state index contributed by atoms with van der Waals surface area (Å²) in [6.45, 7) is 2.10. The van der Waals surface area contributed by atoms with Crippen molar-refractivity contribution in [1.82, 2.24) is 5.43 Å². The number of benzene rings is 2. The van der Waals surface area contributed by atoms with Crippen LogP contribution < -0.4 is 10.7 Å². The number of aryl methyl sites for hydroxylation is 1. The van der Waals surface area contributed by atoms with Gasteiger partial charge in [0.15, 0.2) is 0 Å². The molecule has 2 N–H and O–H groups in total. The number of anilines is 1. The molecule has 0 aliphatic carbocycles. The van der Waals surface area contributed by atoms with Crippen LogP contribution in [0.5, 0.6) is 0 Å². The lowest BCUT2D eigenvalue weighted by Crippen LogP contribution is -2.24. The van der Waals surface area contributed by atoms with E-state index in [1.54, 1.807) is 30.5 Å². The number of hydrazone groups is 1. The Morgan fingerprint density at radius 2 is 2.00 bits per heavy atom. The van der Waals surface area contributed by atoms with Crippen LogP contribution in [0, 0.1) is 0 Å². The molecule has 0 aliphatic heterocycles. The standard InChI is InChI=1S/C16H16ClN3O/c1-2-12-6-8-13(9-7-12)11-18-20-16(21)19-15-5-3-4-14(17)10-15/h3-11H,2H2,1H3,(H2,19,20,21)/b18-11-. The minimum atomic E-state index is -0.418. The molecule has 0 spiro atoms. The van der Waals surface area contributed by atoms with E-state index < -0.39 is 6.03 Å². The average molecular weight is 302 g/mol. The molecule has 0 unspecified atom stereocenters. The van der Waals surface area contributed by atoms with Crippen molar-refractivity contribution in [3.63, 3.8) is 0 Å². The number of amides is 2. The third-order valence-electron chi connectivity index (χ3n) is 2.85. The maximum atomic E-state index is 11.6. The molecule has 0 aliphatic rings. The zero-order chi connectivity index (χ0) is 15.1. The van der Waals surface area contributed by atoms with E-state index in [0.29, 0.717) is 10.7 Å². The van der Waals surface area contributed by atoms with Crippen LogP contribution in [0.15, 0.2) is 53.6 Å². The number of carbonyl (C=O) groups excluding carboxylic acids is 1. The van der Waals surface area contributed by atoms with Gasteiger partial charge in [-0.25, -0.2) is 10.2 Å². The molecule has 2 amide bonds. The lowest BCUT2D eigenvalue weighted by molar-refractivity contribution is 0.252. The van der Waals surface area contributed by atoms with E-state index in [9.17, 15) is 4.79 Å². The SMILES string of the molecule is CCc1ccc(/C=N\NC(=O)Nc2cccc(Cl)c2)cc1. The number of hydrogen-bond donors (Lipinski definition) is 2. The van der Waals surface area contributed by atoms with Crippen LogP contribution in [0.25, 0.3) is 0 Å². The van der Waals surface area contributed by atoms with E-state index in [2.05, 4.69) is 22.8 Å². The van der Waals surface area contributed by atoms with Crippen molar-refractivity contribution in [2.45, 2.75) is 13.3 Å². The van der Waals surface area contributed by atoms with Crippen molar-refractivity contribution >= 4 is 29.5 Å². The Morgan fingerprint density at radius 1 is 1.24 bits per heavy atom. The highest BCUT2D eigenvalue weighted by molar-refractivity contribution is 6.30. The number of halogens is 1. The molecule has 5 heteroatoms. The van der Waals surface area contributed by atoms with E-state index in [1.807, 2.05) is 24.3 Å². The molecule has 0 radical (unpaired) electrons. The van der Waals surface area contributed by atoms with Crippen LogP contribution in [0.1, 0.15) is 18.1 Å². The quantitative estimate of drug-likeness (QED) is 0.649. The molecule has 21 heavy (non-hydrogen) atoms. The van der Waals surface area contributed by atoms with Gasteiger partial charge in [-0.15, -0.1) is 0 Å². The summed E-state index contributed by atoms with van der Waals surface area (Å²) >= 11 is 5.84. The number of urea groups is 1. The summed E-state index contributed by atoms with van der Waals surface area (Å²) in [5, 5.41) is 7.10. The summed E-state index contributed by atoms with van der Waals surface area (Å²) in [4.78, 5) is 11.6. The van der Waals surface area contributed by atoms with Gasteiger partial charge < -0.3 is 5.32 Å². The molecule has 0 bridgehead atoms. The molecule has 0 fully saturated rings. The first kappa shape index (κ1) is 15.1. The van der Waals surface area contributed by atoms with Crippen molar-refractivity contribution in [2.75, 3.05) is 5.32 Å². The number of hydrogen-bond acceptors (Lipinski definition) is 2. The first-order valence-electron chi connectivity index (χ1n) is 6.62. The van der Waals surface area contributed by atoms with Gasteiger partial charge in [0.2, 0.25) is 0 Å². The van der Waals surface area contributed by atoms with Gasteiger partial charge in [-0.05, 0) is 35.7 Å². The van der Waals surface area contributed by atoms with Crippen LogP contribution in [0.2, 0.25) is 5.02 Å². The first-order chi connectivity index (χ1) is 10.2. The maximum absolute atomic E-state index is 11.6. The lowest BCUT2D eigenvalue weighted by atomic mass is 10.1. The summed E-state index contributed by atoms with van der Waals surface area (Å²) in [6.07, 6.45) is 2.59.